The van der Waals surface area contributed by atoms with Gasteiger partial charge in [0.25, 0.3) is 5.69 Å². The molecule has 0 aliphatic carbocycles. The van der Waals surface area contributed by atoms with Gasteiger partial charge in [-0.15, -0.1) is 0 Å². The Bertz CT molecular complexity index is 1160. The van der Waals surface area contributed by atoms with Crippen LogP contribution in [0.15, 0.2) is 28.9 Å². The molecule has 1 N–H and O–H groups in total. The van der Waals surface area contributed by atoms with Crippen molar-refractivity contribution in [3.8, 4) is 5.75 Å². The van der Waals surface area contributed by atoms with Crippen LogP contribution in [0, 0.1) is 20.2 Å². The Hall–Kier alpha value is -4.00. The van der Waals surface area contributed by atoms with Gasteiger partial charge in [-0.1, -0.05) is 0 Å². The molecule has 0 amide bonds. The smallest absolute Gasteiger partial charge is 0.323 e. The van der Waals surface area contributed by atoms with E-state index in [4.69, 9.17) is 9.37 Å². The topological polar surface area (TPSA) is 153 Å². The molecule has 3 aromatic rings. The number of aromatic nitrogens is 2. The molecule has 0 radical (unpaired) electrons. The van der Waals surface area contributed by atoms with Gasteiger partial charge in [0, 0.05) is 26.2 Å². The van der Waals surface area contributed by atoms with Crippen LogP contribution in [0.4, 0.5) is 28.4 Å². The van der Waals surface area contributed by atoms with E-state index >= 15 is 0 Å². The maximum atomic E-state index is 11.9. The minimum atomic E-state index is -0.546. The quantitative estimate of drug-likeness (QED) is 0.454. The van der Waals surface area contributed by atoms with E-state index in [0.717, 1.165) is 13.1 Å². The first kappa shape index (κ1) is 20.3. The fraction of sp³-hybridized carbons (Fsp3) is 0.333. The van der Waals surface area contributed by atoms with Crippen LogP contribution < -0.4 is 15.0 Å². The summed E-state index contributed by atoms with van der Waals surface area (Å²) in [4.78, 5) is 26.4. The minimum Gasteiger partial charge on any atom is -0.496 e. The number of nitrogens with one attached hydrogen (secondary N) is 1. The number of benzene rings is 2. The molecule has 0 spiro atoms. The van der Waals surface area contributed by atoms with Gasteiger partial charge in [0.15, 0.2) is 5.52 Å². The SMILES string of the molecule is COc1ccc(Nc2cc(N3CCN(C)CC3)c([N+](=O)[O-])c3nonc23)c([N+](=O)[O-])c1. The molecule has 162 valence electrons. The number of anilines is 3. The Morgan fingerprint density at radius 3 is 2.39 bits per heavy atom. The number of nitro benzene ring substituents is 2. The van der Waals surface area contributed by atoms with Crippen LogP contribution in [0.1, 0.15) is 0 Å². The zero-order valence-electron chi connectivity index (χ0n) is 16.8. The van der Waals surface area contributed by atoms with Crippen molar-refractivity contribution in [2.75, 3.05) is 50.6 Å². The Balaban J connectivity index is 1.84. The lowest BCUT2D eigenvalue weighted by Gasteiger charge is -2.33. The van der Waals surface area contributed by atoms with Gasteiger partial charge >= 0.3 is 5.69 Å². The van der Waals surface area contributed by atoms with Gasteiger partial charge in [-0.25, -0.2) is 4.63 Å². The van der Waals surface area contributed by atoms with Crippen molar-refractivity contribution in [3.05, 3.63) is 44.5 Å². The first-order valence-electron chi connectivity index (χ1n) is 9.35. The summed E-state index contributed by atoms with van der Waals surface area (Å²) in [5.41, 5.74) is 0.478. The van der Waals surface area contributed by atoms with Crippen molar-refractivity contribution in [2.45, 2.75) is 0 Å². The lowest BCUT2D eigenvalue weighted by molar-refractivity contribution is -0.384. The number of methoxy groups -OCH3 is 1. The molecular formula is C18H19N7O6. The zero-order valence-corrected chi connectivity index (χ0v) is 16.8. The number of nitro groups is 2. The van der Waals surface area contributed by atoms with E-state index in [2.05, 4.69) is 20.5 Å². The van der Waals surface area contributed by atoms with E-state index in [1.54, 1.807) is 12.1 Å². The zero-order chi connectivity index (χ0) is 22.1. The second-order valence-electron chi connectivity index (χ2n) is 7.07. The average Bonchev–Trinajstić information content (AvgIpc) is 3.23. The maximum absolute atomic E-state index is 11.9. The number of nitrogens with zero attached hydrogens (tertiary/aromatic N) is 6. The molecule has 4 rings (SSSR count). The van der Waals surface area contributed by atoms with E-state index in [0.29, 0.717) is 30.2 Å². The summed E-state index contributed by atoms with van der Waals surface area (Å²) < 4.78 is 9.84. The number of piperazine rings is 1. The lowest BCUT2D eigenvalue weighted by Crippen LogP contribution is -2.44. The highest BCUT2D eigenvalue weighted by atomic mass is 16.6. The standard InChI is InChI=1S/C18H19N7O6/c1-22-5-7-23(8-6-22)15-10-13(16-17(21-31-20-16)18(15)25(28)29)19-12-4-3-11(30-2)9-14(12)24(26)27/h3-4,9-10,19H,5-8H2,1-2H3. The maximum Gasteiger partial charge on any atom is 0.323 e. The molecule has 2 heterocycles. The predicted octanol–water partition coefficient (Wildman–Crippen LogP) is 2.54. The fourth-order valence-electron chi connectivity index (χ4n) is 3.52. The van der Waals surface area contributed by atoms with Crippen LogP contribution in [0.2, 0.25) is 0 Å². The molecule has 1 aliphatic heterocycles. The van der Waals surface area contributed by atoms with Gasteiger partial charge in [0.05, 0.1) is 28.7 Å². The molecule has 0 unspecified atom stereocenters. The number of ether oxygens (including phenoxy) is 1. The molecule has 13 nitrogen and oxygen atoms in total. The molecule has 1 fully saturated rings. The third-order valence-corrected chi connectivity index (χ3v) is 5.19. The monoisotopic (exact) mass is 429 g/mol. The van der Waals surface area contributed by atoms with Crippen molar-refractivity contribution in [1.29, 1.82) is 0 Å². The highest BCUT2D eigenvalue weighted by Crippen LogP contribution is 2.41. The molecule has 0 bridgehead atoms. The Morgan fingerprint density at radius 2 is 1.74 bits per heavy atom. The van der Waals surface area contributed by atoms with Crippen LogP contribution >= 0.6 is 0 Å². The number of hydrogen-bond donors (Lipinski definition) is 1. The van der Waals surface area contributed by atoms with Crippen LogP contribution in [-0.2, 0) is 0 Å². The first-order valence-corrected chi connectivity index (χ1v) is 9.35. The summed E-state index contributed by atoms with van der Waals surface area (Å²) in [5.74, 6) is 0.326. The molecule has 1 aliphatic rings. The summed E-state index contributed by atoms with van der Waals surface area (Å²) in [6.45, 7) is 2.63. The molecule has 13 heteroatoms. The third kappa shape index (κ3) is 3.77. The summed E-state index contributed by atoms with van der Waals surface area (Å²) in [5, 5.41) is 33.9. The average molecular weight is 429 g/mol. The lowest BCUT2D eigenvalue weighted by atomic mass is 10.1. The van der Waals surface area contributed by atoms with Gasteiger partial charge < -0.3 is 19.9 Å². The Morgan fingerprint density at radius 1 is 1.03 bits per heavy atom. The van der Waals surface area contributed by atoms with Crippen molar-refractivity contribution in [2.24, 2.45) is 0 Å². The molecule has 0 saturated carbocycles. The molecule has 0 atom stereocenters. The second-order valence-corrected chi connectivity index (χ2v) is 7.07. The summed E-state index contributed by atoms with van der Waals surface area (Å²) in [7, 11) is 3.39. The third-order valence-electron chi connectivity index (χ3n) is 5.19. The Labute approximate surface area is 175 Å². The van der Waals surface area contributed by atoms with Gasteiger partial charge in [-0.3, -0.25) is 20.2 Å². The van der Waals surface area contributed by atoms with Crippen molar-refractivity contribution >= 4 is 39.5 Å². The van der Waals surface area contributed by atoms with Crippen molar-refractivity contribution < 1.29 is 19.2 Å². The highest BCUT2D eigenvalue weighted by molar-refractivity contribution is 6.01. The first-order chi connectivity index (χ1) is 14.9. The highest BCUT2D eigenvalue weighted by Gasteiger charge is 2.30. The fourth-order valence-corrected chi connectivity index (χ4v) is 3.52. The number of hydrogen-bond acceptors (Lipinski definition) is 11. The number of rotatable bonds is 6. The van der Waals surface area contributed by atoms with E-state index in [9.17, 15) is 20.2 Å². The molecular weight excluding hydrogens is 410 g/mol. The molecule has 31 heavy (non-hydrogen) atoms. The van der Waals surface area contributed by atoms with Gasteiger partial charge in [-0.2, -0.15) is 0 Å². The van der Waals surface area contributed by atoms with E-state index in [1.807, 2.05) is 11.9 Å². The largest absolute Gasteiger partial charge is 0.496 e. The van der Waals surface area contributed by atoms with Crippen molar-refractivity contribution in [3.63, 3.8) is 0 Å². The van der Waals surface area contributed by atoms with Crippen LogP contribution in [0.3, 0.4) is 0 Å². The summed E-state index contributed by atoms with van der Waals surface area (Å²) in [6, 6.07) is 5.91. The van der Waals surface area contributed by atoms with Gasteiger partial charge in [0.1, 0.15) is 17.1 Å². The molecule has 2 aromatic carbocycles. The molecule has 1 saturated heterocycles. The van der Waals surface area contributed by atoms with Crippen LogP contribution in [0.5, 0.6) is 5.75 Å². The normalized spacial score (nSPS) is 14.6. The minimum absolute atomic E-state index is 0.0277. The Kier molecular flexibility index (Phi) is 5.25. The van der Waals surface area contributed by atoms with Crippen molar-refractivity contribution in [1.82, 2.24) is 15.2 Å². The van der Waals surface area contributed by atoms with E-state index < -0.39 is 9.85 Å². The van der Waals surface area contributed by atoms with Crippen LogP contribution in [-0.4, -0.2) is 65.4 Å². The van der Waals surface area contributed by atoms with E-state index in [-0.39, 0.29) is 28.1 Å². The predicted molar refractivity (Wildman–Crippen MR) is 111 cm³/mol. The number of likely N-dealkylation sites (N-methyl/N-ethyl adjacent to an activating group) is 1. The van der Waals surface area contributed by atoms with Crippen LogP contribution in [0.25, 0.3) is 11.0 Å². The summed E-state index contributed by atoms with van der Waals surface area (Å²) in [6.07, 6.45) is 0. The van der Waals surface area contributed by atoms with Gasteiger partial charge in [-0.05, 0) is 35.6 Å². The van der Waals surface area contributed by atoms with E-state index in [1.165, 1.54) is 19.2 Å². The molecule has 1 aromatic heterocycles. The summed E-state index contributed by atoms with van der Waals surface area (Å²) >= 11 is 0. The number of fused-ring (bicyclic) bond motifs is 1. The van der Waals surface area contributed by atoms with Gasteiger partial charge in [0.2, 0.25) is 5.52 Å². The second kappa shape index (κ2) is 8.02.